The quantitative estimate of drug-likeness (QED) is 0.588. The van der Waals surface area contributed by atoms with E-state index in [0.29, 0.717) is 48.7 Å². The van der Waals surface area contributed by atoms with Gasteiger partial charge in [0.1, 0.15) is 5.69 Å². The second-order valence-corrected chi connectivity index (χ2v) is 7.68. The van der Waals surface area contributed by atoms with Gasteiger partial charge in [-0.25, -0.2) is 4.98 Å². The minimum Gasteiger partial charge on any atom is -0.481 e. The van der Waals surface area contributed by atoms with Crippen molar-refractivity contribution in [2.24, 2.45) is 5.92 Å². The number of piperidine rings is 1. The number of aryl methyl sites for hydroxylation is 1. The smallest absolute Gasteiger partial charge is 0.416 e. The molecule has 0 aliphatic carbocycles. The minimum absolute atomic E-state index is 0.0401. The van der Waals surface area contributed by atoms with Crippen molar-refractivity contribution in [2.75, 3.05) is 18.0 Å². The molecule has 1 aliphatic heterocycles. The van der Waals surface area contributed by atoms with Crippen LogP contribution in [0.3, 0.4) is 0 Å². The van der Waals surface area contributed by atoms with Crippen molar-refractivity contribution in [2.45, 2.75) is 44.5 Å². The average Bonchev–Trinajstić information content (AvgIpc) is 2.72. The summed E-state index contributed by atoms with van der Waals surface area (Å²) < 4.78 is 76.0. The molecular weight excluding hydrogens is 440 g/mol. The van der Waals surface area contributed by atoms with Crippen LogP contribution in [0.15, 0.2) is 30.5 Å². The Kier molecular flexibility index (Phi) is 6.94. The Morgan fingerprint density at radius 3 is 2.22 bits per heavy atom. The Morgan fingerprint density at radius 1 is 1.06 bits per heavy atom. The standard InChI is InChI=1S/C21H21F6N3O2/c22-20(23,24)9-1-2-16-12-28-17(13-3-5-15(6-4-13)21(25,26)27)18(29-16)30-10-7-14(8-11-30)19(31)32/h3-6,12,14H,1-2,7-11H2,(H,31,32). The Balaban J connectivity index is 1.89. The Morgan fingerprint density at radius 2 is 1.69 bits per heavy atom. The number of aromatic nitrogens is 2. The van der Waals surface area contributed by atoms with Gasteiger partial charge in [0.25, 0.3) is 0 Å². The SMILES string of the molecule is O=C(O)C1CCN(c2nc(CCCC(F)(F)F)cnc2-c2ccc(C(F)(F)F)cc2)CC1. The molecule has 174 valence electrons. The van der Waals surface area contributed by atoms with Gasteiger partial charge in [-0.1, -0.05) is 12.1 Å². The van der Waals surface area contributed by atoms with E-state index in [0.717, 1.165) is 12.1 Å². The molecule has 0 amide bonds. The molecule has 0 spiro atoms. The lowest BCUT2D eigenvalue weighted by molar-refractivity contribution is -0.142. The predicted octanol–water partition coefficient (Wildman–Crippen LogP) is 5.35. The number of benzene rings is 1. The topological polar surface area (TPSA) is 66.3 Å². The molecule has 2 aromatic rings. The zero-order chi connectivity index (χ0) is 23.5. The molecule has 1 aromatic heterocycles. The molecule has 2 heterocycles. The lowest BCUT2D eigenvalue weighted by atomic mass is 9.96. The zero-order valence-electron chi connectivity index (χ0n) is 16.9. The van der Waals surface area contributed by atoms with Crippen LogP contribution >= 0.6 is 0 Å². The van der Waals surface area contributed by atoms with E-state index in [4.69, 9.17) is 0 Å². The molecule has 1 aromatic carbocycles. The van der Waals surface area contributed by atoms with Crippen LogP contribution in [-0.2, 0) is 17.4 Å². The highest BCUT2D eigenvalue weighted by atomic mass is 19.4. The average molecular weight is 461 g/mol. The summed E-state index contributed by atoms with van der Waals surface area (Å²) in [7, 11) is 0. The number of hydrogen-bond donors (Lipinski definition) is 1. The van der Waals surface area contributed by atoms with E-state index >= 15 is 0 Å². The molecule has 0 atom stereocenters. The van der Waals surface area contributed by atoms with Crippen LogP contribution in [0, 0.1) is 5.92 Å². The lowest BCUT2D eigenvalue weighted by Crippen LogP contribution is -2.37. The van der Waals surface area contributed by atoms with Gasteiger partial charge in [0, 0.05) is 31.3 Å². The van der Waals surface area contributed by atoms with Gasteiger partial charge in [0.2, 0.25) is 0 Å². The van der Waals surface area contributed by atoms with Gasteiger partial charge in [-0.15, -0.1) is 0 Å². The van der Waals surface area contributed by atoms with E-state index in [2.05, 4.69) is 9.97 Å². The van der Waals surface area contributed by atoms with Crippen molar-refractivity contribution in [3.05, 3.63) is 41.7 Å². The van der Waals surface area contributed by atoms with Gasteiger partial charge in [0.05, 0.1) is 17.2 Å². The summed E-state index contributed by atoms with van der Waals surface area (Å²) in [6.45, 7) is 0.677. The Hall–Kier alpha value is -2.85. The summed E-state index contributed by atoms with van der Waals surface area (Å²) in [4.78, 5) is 21.8. The maximum absolute atomic E-state index is 12.9. The second kappa shape index (κ2) is 9.33. The summed E-state index contributed by atoms with van der Waals surface area (Å²) >= 11 is 0. The first kappa shape index (κ1) is 23.8. The van der Waals surface area contributed by atoms with Gasteiger partial charge in [-0.05, 0) is 37.8 Å². The molecule has 0 radical (unpaired) electrons. The third-order valence-corrected chi connectivity index (χ3v) is 5.33. The number of rotatable bonds is 6. The first-order valence-corrected chi connectivity index (χ1v) is 10.0. The van der Waals surface area contributed by atoms with Crippen molar-refractivity contribution >= 4 is 11.8 Å². The van der Waals surface area contributed by atoms with Crippen molar-refractivity contribution < 1.29 is 36.2 Å². The van der Waals surface area contributed by atoms with Crippen LogP contribution in [0.25, 0.3) is 11.3 Å². The van der Waals surface area contributed by atoms with Crippen molar-refractivity contribution in [3.8, 4) is 11.3 Å². The van der Waals surface area contributed by atoms with E-state index in [1.54, 1.807) is 4.90 Å². The molecule has 32 heavy (non-hydrogen) atoms. The molecule has 11 heteroatoms. The van der Waals surface area contributed by atoms with Gasteiger partial charge >= 0.3 is 18.3 Å². The number of hydrogen-bond acceptors (Lipinski definition) is 4. The number of anilines is 1. The third kappa shape index (κ3) is 6.10. The number of halogens is 6. The first-order chi connectivity index (χ1) is 14.9. The van der Waals surface area contributed by atoms with Crippen LogP contribution in [-0.4, -0.2) is 40.3 Å². The summed E-state index contributed by atoms with van der Waals surface area (Å²) in [5, 5.41) is 9.20. The molecule has 1 N–H and O–H groups in total. The fourth-order valence-corrected chi connectivity index (χ4v) is 3.58. The highest BCUT2D eigenvalue weighted by Crippen LogP contribution is 2.34. The molecule has 1 fully saturated rings. The maximum atomic E-state index is 12.9. The molecule has 1 saturated heterocycles. The summed E-state index contributed by atoms with van der Waals surface area (Å²) in [5.74, 6) is -1.08. The Labute approximate surface area is 180 Å². The normalized spacial score (nSPS) is 15.8. The predicted molar refractivity (Wildman–Crippen MR) is 104 cm³/mol. The summed E-state index contributed by atoms with van der Waals surface area (Å²) in [5.41, 5.74) is 0.192. The zero-order valence-corrected chi connectivity index (χ0v) is 16.9. The van der Waals surface area contributed by atoms with Crippen molar-refractivity contribution in [1.82, 2.24) is 9.97 Å². The van der Waals surface area contributed by atoms with Gasteiger partial charge in [-0.2, -0.15) is 26.3 Å². The van der Waals surface area contributed by atoms with Crippen LogP contribution < -0.4 is 4.90 Å². The third-order valence-electron chi connectivity index (χ3n) is 5.33. The number of alkyl halides is 6. The van der Waals surface area contributed by atoms with Crippen LogP contribution in [0.2, 0.25) is 0 Å². The fourth-order valence-electron chi connectivity index (χ4n) is 3.58. The first-order valence-electron chi connectivity index (χ1n) is 10.0. The summed E-state index contributed by atoms with van der Waals surface area (Å²) in [6.07, 6.45) is -7.84. The highest BCUT2D eigenvalue weighted by Gasteiger charge is 2.31. The molecule has 1 aliphatic rings. The molecular formula is C21H21F6N3O2. The van der Waals surface area contributed by atoms with Crippen LogP contribution in [0.1, 0.15) is 36.9 Å². The van der Waals surface area contributed by atoms with Crippen molar-refractivity contribution in [3.63, 3.8) is 0 Å². The summed E-state index contributed by atoms with van der Waals surface area (Å²) in [6, 6.07) is 4.39. The van der Waals surface area contributed by atoms with Crippen molar-refractivity contribution in [1.29, 1.82) is 0 Å². The van der Waals surface area contributed by atoms with Gasteiger partial charge < -0.3 is 10.0 Å². The number of carbonyl (C=O) groups is 1. The number of nitrogens with zero attached hydrogens (tertiary/aromatic N) is 3. The second-order valence-electron chi connectivity index (χ2n) is 7.68. The molecule has 0 unspecified atom stereocenters. The fraction of sp³-hybridized carbons (Fsp3) is 0.476. The number of aliphatic carboxylic acids is 1. The molecule has 0 saturated carbocycles. The van der Waals surface area contributed by atoms with E-state index < -0.39 is 36.2 Å². The molecule has 3 rings (SSSR count). The van der Waals surface area contributed by atoms with Gasteiger partial charge in [-0.3, -0.25) is 9.78 Å². The number of carboxylic acids is 1. The van der Waals surface area contributed by atoms with Crippen LogP contribution in [0.5, 0.6) is 0 Å². The van der Waals surface area contributed by atoms with E-state index in [1.807, 2.05) is 0 Å². The number of carboxylic acid groups (broad SMARTS) is 1. The minimum atomic E-state index is -4.49. The Bertz CT molecular complexity index is 936. The van der Waals surface area contributed by atoms with E-state index in [-0.39, 0.29) is 12.8 Å². The molecule has 5 nitrogen and oxygen atoms in total. The maximum Gasteiger partial charge on any atom is 0.416 e. The lowest BCUT2D eigenvalue weighted by Gasteiger charge is -2.32. The highest BCUT2D eigenvalue weighted by molar-refractivity contribution is 5.74. The monoisotopic (exact) mass is 461 g/mol. The largest absolute Gasteiger partial charge is 0.481 e. The van der Waals surface area contributed by atoms with Gasteiger partial charge in [0.15, 0.2) is 5.82 Å². The molecule has 0 bridgehead atoms. The van der Waals surface area contributed by atoms with Crippen LogP contribution in [0.4, 0.5) is 32.2 Å². The van der Waals surface area contributed by atoms with E-state index in [9.17, 15) is 36.2 Å². The van der Waals surface area contributed by atoms with E-state index in [1.165, 1.54) is 18.3 Å².